The van der Waals surface area contributed by atoms with Gasteiger partial charge in [0.1, 0.15) is 5.58 Å². The van der Waals surface area contributed by atoms with E-state index in [9.17, 15) is 14.7 Å². The number of nitrogens with zero attached hydrogens (tertiary/aromatic N) is 2. The first-order valence-electron chi connectivity index (χ1n) is 9.31. The van der Waals surface area contributed by atoms with Crippen molar-refractivity contribution in [2.75, 3.05) is 4.90 Å². The number of hydrogen-bond donors (Lipinski definition) is 1. The SMILES string of the molecule is Cc1csc(N2C(=O)C(O)=C(C(=O)c3cc4ccccc4o3)C2c2ccccc2)n1. The lowest BCUT2D eigenvalue weighted by Crippen LogP contribution is -2.31. The number of fused-ring (bicyclic) bond motifs is 1. The highest BCUT2D eigenvalue weighted by Crippen LogP contribution is 2.43. The van der Waals surface area contributed by atoms with Gasteiger partial charge in [-0.1, -0.05) is 48.5 Å². The smallest absolute Gasteiger partial charge is 0.296 e. The summed E-state index contributed by atoms with van der Waals surface area (Å²) in [5, 5.41) is 13.8. The highest BCUT2D eigenvalue weighted by Gasteiger charge is 2.46. The molecule has 2 aromatic carbocycles. The summed E-state index contributed by atoms with van der Waals surface area (Å²) in [6.45, 7) is 1.83. The molecule has 1 N–H and O–H groups in total. The molecule has 2 aromatic heterocycles. The molecule has 0 saturated carbocycles. The van der Waals surface area contributed by atoms with E-state index in [-0.39, 0.29) is 11.3 Å². The minimum atomic E-state index is -0.801. The third kappa shape index (κ3) is 2.83. The van der Waals surface area contributed by atoms with Gasteiger partial charge in [0.15, 0.2) is 16.7 Å². The second-order valence-electron chi connectivity index (χ2n) is 7.00. The Balaban J connectivity index is 1.66. The Morgan fingerprint density at radius 1 is 1.13 bits per heavy atom. The summed E-state index contributed by atoms with van der Waals surface area (Å²) >= 11 is 1.29. The fraction of sp³-hybridized carbons (Fsp3) is 0.0870. The summed E-state index contributed by atoms with van der Waals surface area (Å²) in [5.74, 6) is -1.69. The summed E-state index contributed by atoms with van der Waals surface area (Å²) in [7, 11) is 0. The molecule has 3 heterocycles. The molecule has 0 aliphatic carbocycles. The number of aryl methyl sites for hydroxylation is 1. The fourth-order valence-electron chi connectivity index (χ4n) is 3.66. The van der Waals surface area contributed by atoms with Crippen LogP contribution in [0.4, 0.5) is 5.13 Å². The highest BCUT2D eigenvalue weighted by molar-refractivity contribution is 7.14. The molecule has 1 atom stereocenters. The Labute approximate surface area is 175 Å². The molecule has 7 heteroatoms. The summed E-state index contributed by atoms with van der Waals surface area (Å²) < 4.78 is 5.72. The average Bonchev–Trinajstić information content (AvgIpc) is 3.45. The third-order valence-electron chi connectivity index (χ3n) is 5.03. The molecule has 1 aliphatic rings. The minimum absolute atomic E-state index is 0.0156. The lowest BCUT2D eigenvalue weighted by Gasteiger charge is -2.24. The van der Waals surface area contributed by atoms with Crippen molar-refractivity contribution in [2.45, 2.75) is 13.0 Å². The van der Waals surface area contributed by atoms with Crippen LogP contribution < -0.4 is 4.90 Å². The number of anilines is 1. The molecule has 30 heavy (non-hydrogen) atoms. The summed E-state index contributed by atoms with van der Waals surface area (Å²) in [5.41, 5.74) is 2.00. The van der Waals surface area contributed by atoms with Crippen molar-refractivity contribution in [3.05, 3.63) is 94.4 Å². The number of aliphatic hydroxyl groups excluding tert-OH is 1. The zero-order chi connectivity index (χ0) is 20.8. The van der Waals surface area contributed by atoms with Crippen LogP contribution in [0.3, 0.4) is 0 Å². The Morgan fingerprint density at radius 2 is 1.87 bits per heavy atom. The van der Waals surface area contributed by atoms with Crippen molar-refractivity contribution in [1.29, 1.82) is 0 Å². The lowest BCUT2D eigenvalue weighted by molar-refractivity contribution is -0.117. The quantitative estimate of drug-likeness (QED) is 0.474. The van der Waals surface area contributed by atoms with Gasteiger partial charge in [0.2, 0.25) is 5.78 Å². The normalized spacial score (nSPS) is 16.6. The zero-order valence-electron chi connectivity index (χ0n) is 15.9. The minimum Gasteiger partial charge on any atom is -0.503 e. The van der Waals surface area contributed by atoms with Crippen LogP contribution in [0.1, 0.15) is 27.9 Å². The van der Waals surface area contributed by atoms with Crippen LogP contribution in [0.5, 0.6) is 0 Å². The Bertz CT molecular complexity index is 1290. The van der Waals surface area contributed by atoms with Crippen molar-refractivity contribution in [3.8, 4) is 0 Å². The van der Waals surface area contributed by atoms with Gasteiger partial charge in [-0.2, -0.15) is 0 Å². The van der Waals surface area contributed by atoms with Gasteiger partial charge >= 0.3 is 0 Å². The molecule has 1 aliphatic heterocycles. The van der Waals surface area contributed by atoms with Crippen molar-refractivity contribution in [1.82, 2.24) is 4.98 Å². The standard InChI is InChI=1S/C23H16N2O4S/c1-13-12-30-23(24-13)25-19(14-7-3-2-4-8-14)18(21(27)22(25)28)20(26)17-11-15-9-5-6-10-16(15)29-17/h2-12,19,27H,1H3. The molecule has 0 fully saturated rings. The van der Waals surface area contributed by atoms with Gasteiger partial charge in [0, 0.05) is 10.8 Å². The van der Waals surface area contributed by atoms with Gasteiger partial charge in [-0.3, -0.25) is 14.5 Å². The number of furan rings is 1. The average molecular weight is 416 g/mol. The molecule has 0 spiro atoms. The van der Waals surface area contributed by atoms with E-state index in [0.717, 1.165) is 11.1 Å². The Hall–Kier alpha value is -3.71. The molecular weight excluding hydrogens is 400 g/mol. The third-order valence-corrected chi connectivity index (χ3v) is 5.99. The van der Waals surface area contributed by atoms with Crippen molar-refractivity contribution in [2.24, 2.45) is 0 Å². The maximum absolute atomic E-state index is 13.4. The number of aliphatic hydroxyl groups is 1. The van der Waals surface area contributed by atoms with E-state index in [2.05, 4.69) is 4.98 Å². The predicted octanol–water partition coefficient (Wildman–Crippen LogP) is 4.98. The number of para-hydroxylation sites is 1. The summed E-state index contributed by atoms with van der Waals surface area (Å²) in [6.07, 6.45) is 0. The van der Waals surface area contributed by atoms with Crippen LogP contribution >= 0.6 is 11.3 Å². The second kappa shape index (κ2) is 6.96. The number of thiazole rings is 1. The van der Waals surface area contributed by atoms with Gasteiger partial charge in [-0.25, -0.2) is 4.98 Å². The van der Waals surface area contributed by atoms with E-state index in [4.69, 9.17) is 4.42 Å². The number of aromatic nitrogens is 1. The maximum atomic E-state index is 13.4. The Kier molecular flexibility index (Phi) is 4.25. The molecule has 6 nitrogen and oxygen atoms in total. The van der Waals surface area contributed by atoms with Gasteiger partial charge in [0.25, 0.3) is 5.91 Å². The lowest BCUT2D eigenvalue weighted by atomic mass is 9.95. The molecule has 1 unspecified atom stereocenters. The van der Waals surface area contributed by atoms with E-state index < -0.39 is 23.5 Å². The fourth-order valence-corrected chi connectivity index (χ4v) is 4.49. The number of benzene rings is 2. The van der Waals surface area contributed by atoms with Crippen LogP contribution in [0, 0.1) is 6.92 Å². The van der Waals surface area contributed by atoms with E-state index in [1.54, 1.807) is 12.1 Å². The Morgan fingerprint density at radius 3 is 2.57 bits per heavy atom. The molecule has 1 amide bonds. The van der Waals surface area contributed by atoms with Crippen LogP contribution in [0.15, 0.2) is 81.8 Å². The number of ketones is 1. The molecule has 0 bridgehead atoms. The van der Waals surface area contributed by atoms with E-state index in [1.165, 1.54) is 16.2 Å². The number of amides is 1. The first kappa shape index (κ1) is 18.3. The number of carbonyl (C=O) groups is 2. The first-order chi connectivity index (χ1) is 14.5. The van der Waals surface area contributed by atoms with Gasteiger partial charge in [0.05, 0.1) is 17.3 Å². The van der Waals surface area contributed by atoms with Crippen molar-refractivity contribution < 1.29 is 19.1 Å². The predicted molar refractivity (Wildman–Crippen MR) is 114 cm³/mol. The highest BCUT2D eigenvalue weighted by atomic mass is 32.1. The molecule has 0 saturated heterocycles. The zero-order valence-corrected chi connectivity index (χ0v) is 16.7. The molecule has 5 rings (SSSR count). The topological polar surface area (TPSA) is 83.6 Å². The summed E-state index contributed by atoms with van der Waals surface area (Å²) in [6, 6.07) is 17.2. The van der Waals surface area contributed by atoms with Crippen LogP contribution in [0.2, 0.25) is 0 Å². The van der Waals surface area contributed by atoms with E-state index in [0.29, 0.717) is 16.3 Å². The van der Waals surface area contributed by atoms with Crippen LogP contribution in [0.25, 0.3) is 11.0 Å². The number of rotatable bonds is 4. The van der Waals surface area contributed by atoms with Crippen LogP contribution in [-0.4, -0.2) is 21.8 Å². The van der Waals surface area contributed by atoms with Crippen LogP contribution in [-0.2, 0) is 4.79 Å². The second-order valence-corrected chi connectivity index (χ2v) is 7.84. The monoisotopic (exact) mass is 416 g/mol. The largest absolute Gasteiger partial charge is 0.503 e. The van der Waals surface area contributed by atoms with Gasteiger partial charge in [-0.05, 0) is 24.6 Å². The maximum Gasteiger partial charge on any atom is 0.296 e. The van der Waals surface area contributed by atoms with Crippen molar-refractivity contribution in [3.63, 3.8) is 0 Å². The molecule has 4 aromatic rings. The first-order valence-corrected chi connectivity index (χ1v) is 10.2. The van der Waals surface area contributed by atoms with Crippen molar-refractivity contribution >= 4 is 39.1 Å². The van der Waals surface area contributed by atoms with Gasteiger partial charge in [-0.15, -0.1) is 11.3 Å². The number of carbonyl (C=O) groups excluding carboxylic acids is 2. The van der Waals surface area contributed by atoms with Gasteiger partial charge < -0.3 is 9.52 Å². The molecular formula is C23H16N2O4S. The van der Waals surface area contributed by atoms with E-state index >= 15 is 0 Å². The van der Waals surface area contributed by atoms with E-state index in [1.807, 2.05) is 60.8 Å². The molecule has 0 radical (unpaired) electrons. The number of Topliss-reactive ketones (excluding diaryl/α,β-unsaturated/α-hetero) is 1. The molecule has 148 valence electrons. The number of hydrogen-bond acceptors (Lipinski definition) is 6. The summed E-state index contributed by atoms with van der Waals surface area (Å²) in [4.78, 5) is 32.2.